The summed E-state index contributed by atoms with van der Waals surface area (Å²) < 4.78 is 13.2. The molecule has 1 aliphatic carbocycles. The molecule has 1 saturated carbocycles. The van der Waals surface area contributed by atoms with Crippen LogP contribution in [0.1, 0.15) is 37.8 Å². The first-order valence-electron chi connectivity index (χ1n) is 7.68. The summed E-state index contributed by atoms with van der Waals surface area (Å²) in [5.74, 6) is 0.224. The van der Waals surface area contributed by atoms with Crippen molar-refractivity contribution in [3.8, 4) is 0 Å². The van der Waals surface area contributed by atoms with Gasteiger partial charge in [0.2, 0.25) is 5.91 Å². The molecular weight excluding hydrogens is 270 g/mol. The molecule has 2 heterocycles. The Bertz CT molecular complexity index is 484. The van der Waals surface area contributed by atoms with Gasteiger partial charge in [-0.3, -0.25) is 9.48 Å². The number of hydrogen-bond acceptors (Lipinski definition) is 4. The second kappa shape index (κ2) is 6.15. The Hall–Kier alpha value is -1.40. The molecule has 6 nitrogen and oxygen atoms in total. The number of hydrogen-bond donors (Lipinski definition) is 1. The maximum absolute atomic E-state index is 12.0. The first kappa shape index (κ1) is 14.5. The predicted octanol–water partition coefficient (Wildman–Crippen LogP) is 1.36. The van der Waals surface area contributed by atoms with E-state index in [2.05, 4.69) is 10.4 Å². The van der Waals surface area contributed by atoms with Crippen LogP contribution in [0.25, 0.3) is 0 Å². The van der Waals surface area contributed by atoms with E-state index in [-0.39, 0.29) is 11.7 Å². The average molecular weight is 293 g/mol. The van der Waals surface area contributed by atoms with Gasteiger partial charge in [0, 0.05) is 32.5 Å². The zero-order valence-electron chi connectivity index (χ0n) is 12.5. The third kappa shape index (κ3) is 3.44. The van der Waals surface area contributed by atoms with E-state index in [9.17, 15) is 4.79 Å². The molecule has 0 atom stereocenters. The zero-order chi connectivity index (χ0) is 14.7. The highest BCUT2D eigenvalue weighted by molar-refractivity contribution is 5.76. The van der Waals surface area contributed by atoms with Crippen molar-refractivity contribution < 1.29 is 14.3 Å². The van der Waals surface area contributed by atoms with Crippen molar-refractivity contribution >= 4 is 5.91 Å². The van der Waals surface area contributed by atoms with E-state index in [0.717, 1.165) is 31.4 Å². The molecule has 3 rings (SSSR count). The molecule has 116 valence electrons. The number of aromatic nitrogens is 2. The van der Waals surface area contributed by atoms with Crippen molar-refractivity contribution in [1.29, 1.82) is 0 Å². The monoisotopic (exact) mass is 293 g/mol. The number of rotatable bonds is 4. The summed E-state index contributed by atoms with van der Waals surface area (Å²) in [5, 5.41) is 7.06. The van der Waals surface area contributed by atoms with E-state index in [1.54, 1.807) is 10.9 Å². The highest BCUT2D eigenvalue weighted by atomic mass is 16.7. The lowest BCUT2D eigenvalue weighted by molar-refractivity contribution is -0.183. The van der Waals surface area contributed by atoms with Crippen LogP contribution >= 0.6 is 0 Å². The Morgan fingerprint density at radius 1 is 1.43 bits per heavy atom. The topological polar surface area (TPSA) is 65.4 Å². The number of carbonyl (C=O) groups is 1. The minimum absolute atomic E-state index is 0.116. The molecule has 21 heavy (non-hydrogen) atoms. The van der Waals surface area contributed by atoms with Gasteiger partial charge in [0.15, 0.2) is 5.79 Å². The van der Waals surface area contributed by atoms with Gasteiger partial charge in [0.25, 0.3) is 0 Å². The molecule has 1 spiro atoms. The number of amides is 1. The van der Waals surface area contributed by atoms with Gasteiger partial charge < -0.3 is 14.8 Å². The summed E-state index contributed by atoms with van der Waals surface area (Å²) in [7, 11) is 1.88. The Labute approximate surface area is 124 Å². The molecule has 1 aromatic rings. The molecule has 0 bridgehead atoms. The summed E-state index contributed by atoms with van der Waals surface area (Å²) in [5.41, 5.74) is 1.01. The molecule has 1 amide bonds. The Balaban J connectivity index is 1.40. The first-order valence-corrected chi connectivity index (χ1v) is 7.68. The minimum atomic E-state index is -0.332. The quantitative estimate of drug-likeness (QED) is 0.910. The van der Waals surface area contributed by atoms with E-state index < -0.39 is 0 Å². The third-order valence-electron chi connectivity index (χ3n) is 4.54. The second-order valence-electron chi connectivity index (χ2n) is 5.98. The molecule has 0 radical (unpaired) electrons. The lowest BCUT2D eigenvalue weighted by Crippen LogP contribution is -2.36. The number of nitrogens with zero attached hydrogens (tertiary/aromatic N) is 2. The van der Waals surface area contributed by atoms with Gasteiger partial charge >= 0.3 is 0 Å². The van der Waals surface area contributed by atoms with E-state index in [4.69, 9.17) is 9.47 Å². The van der Waals surface area contributed by atoms with Gasteiger partial charge in [-0.2, -0.15) is 5.10 Å². The Morgan fingerprint density at radius 2 is 2.14 bits per heavy atom. The SMILES string of the molecule is Cn1nccc1CNC(=O)CC1CCC2(CC1)OCCO2. The van der Waals surface area contributed by atoms with E-state index in [1.807, 2.05) is 13.1 Å². The van der Waals surface area contributed by atoms with Gasteiger partial charge in [0.05, 0.1) is 25.5 Å². The summed E-state index contributed by atoms with van der Waals surface area (Å²) in [4.78, 5) is 12.0. The van der Waals surface area contributed by atoms with Crippen LogP contribution in [0.15, 0.2) is 12.3 Å². The van der Waals surface area contributed by atoms with Crippen molar-refractivity contribution in [2.75, 3.05) is 13.2 Å². The van der Waals surface area contributed by atoms with Crippen molar-refractivity contribution in [2.45, 2.75) is 44.4 Å². The maximum atomic E-state index is 12.0. The Morgan fingerprint density at radius 3 is 2.76 bits per heavy atom. The van der Waals surface area contributed by atoms with E-state index in [1.165, 1.54) is 0 Å². The zero-order valence-corrected chi connectivity index (χ0v) is 12.5. The molecule has 1 N–H and O–H groups in total. The van der Waals surface area contributed by atoms with E-state index >= 15 is 0 Å². The van der Waals surface area contributed by atoms with Crippen molar-refractivity contribution in [3.05, 3.63) is 18.0 Å². The van der Waals surface area contributed by atoms with Crippen molar-refractivity contribution in [3.63, 3.8) is 0 Å². The van der Waals surface area contributed by atoms with E-state index in [0.29, 0.717) is 32.1 Å². The van der Waals surface area contributed by atoms with Gasteiger partial charge in [0.1, 0.15) is 0 Å². The minimum Gasteiger partial charge on any atom is -0.350 e. The van der Waals surface area contributed by atoms with Gasteiger partial charge in [-0.05, 0) is 24.8 Å². The predicted molar refractivity (Wildman–Crippen MR) is 76.3 cm³/mol. The average Bonchev–Trinajstić information content (AvgIpc) is 3.09. The van der Waals surface area contributed by atoms with Crippen LogP contribution in [0.5, 0.6) is 0 Å². The van der Waals surface area contributed by atoms with Crippen LogP contribution < -0.4 is 5.32 Å². The molecule has 2 fully saturated rings. The summed E-state index contributed by atoms with van der Waals surface area (Å²) in [6.45, 7) is 1.95. The lowest BCUT2D eigenvalue weighted by Gasteiger charge is -2.35. The third-order valence-corrected chi connectivity index (χ3v) is 4.54. The summed E-state index contributed by atoms with van der Waals surface area (Å²) in [6, 6.07) is 1.92. The summed E-state index contributed by atoms with van der Waals surface area (Å²) >= 11 is 0. The smallest absolute Gasteiger partial charge is 0.220 e. The molecule has 6 heteroatoms. The standard InChI is InChI=1S/C15H23N3O3/c1-18-13(4-7-17-18)11-16-14(19)10-12-2-5-15(6-3-12)20-8-9-21-15/h4,7,12H,2-3,5-6,8-11H2,1H3,(H,16,19). The van der Waals surface area contributed by atoms with Crippen LogP contribution in [0, 0.1) is 5.92 Å². The molecule has 1 aromatic heterocycles. The number of carbonyl (C=O) groups excluding carboxylic acids is 1. The van der Waals surface area contributed by atoms with Crippen LogP contribution in [-0.4, -0.2) is 34.7 Å². The number of nitrogens with one attached hydrogen (secondary N) is 1. The molecule has 1 aliphatic heterocycles. The molecule has 1 saturated heterocycles. The van der Waals surface area contributed by atoms with Crippen LogP contribution in [-0.2, 0) is 27.9 Å². The molecular formula is C15H23N3O3. The van der Waals surface area contributed by atoms with Crippen LogP contribution in [0.3, 0.4) is 0 Å². The van der Waals surface area contributed by atoms with Crippen LogP contribution in [0.4, 0.5) is 0 Å². The van der Waals surface area contributed by atoms with Gasteiger partial charge in [-0.15, -0.1) is 0 Å². The summed E-state index contributed by atoms with van der Waals surface area (Å²) in [6.07, 6.45) is 6.15. The van der Waals surface area contributed by atoms with Gasteiger partial charge in [-0.25, -0.2) is 0 Å². The fraction of sp³-hybridized carbons (Fsp3) is 0.733. The first-order chi connectivity index (χ1) is 10.2. The largest absolute Gasteiger partial charge is 0.350 e. The van der Waals surface area contributed by atoms with Crippen LogP contribution in [0.2, 0.25) is 0 Å². The lowest BCUT2D eigenvalue weighted by atomic mass is 9.83. The molecule has 0 aromatic carbocycles. The second-order valence-corrected chi connectivity index (χ2v) is 5.98. The number of ether oxygens (including phenoxy) is 2. The maximum Gasteiger partial charge on any atom is 0.220 e. The van der Waals surface area contributed by atoms with Crippen molar-refractivity contribution in [2.24, 2.45) is 13.0 Å². The number of aryl methyl sites for hydroxylation is 1. The van der Waals surface area contributed by atoms with Crippen molar-refractivity contribution in [1.82, 2.24) is 15.1 Å². The highest BCUT2D eigenvalue weighted by Gasteiger charge is 2.40. The molecule has 0 unspecified atom stereocenters. The highest BCUT2D eigenvalue weighted by Crippen LogP contribution is 2.39. The molecule has 2 aliphatic rings. The Kier molecular flexibility index (Phi) is 4.26. The normalized spacial score (nSPS) is 21.8. The fourth-order valence-electron chi connectivity index (χ4n) is 3.21. The fourth-order valence-corrected chi connectivity index (χ4v) is 3.21. The van der Waals surface area contributed by atoms with Gasteiger partial charge in [-0.1, -0.05) is 0 Å².